The van der Waals surface area contributed by atoms with Crippen LogP contribution in [0.4, 0.5) is 11.6 Å². The van der Waals surface area contributed by atoms with Crippen LogP contribution in [0.25, 0.3) is 0 Å². The third-order valence-corrected chi connectivity index (χ3v) is 4.76. The molecule has 0 spiro atoms. The van der Waals surface area contributed by atoms with E-state index >= 15 is 0 Å². The van der Waals surface area contributed by atoms with Crippen molar-refractivity contribution >= 4 is 17.9 Å². The van der Waals surface area contributed by atoms with Crippen molar-refractivity contribution in [1.29, 1.82) is 0 Å². The topological polar surface area (TPSA) is 132 Å². The number of aromatic amines is 1. The highest BCUT2D eigenvalue weighted by atomic mass is 16.6. The standard InChI is InChI=1S/C22H23N5O5/c1-13-5-7-16(8-6-13)12-32-20-18(27(29)30)9-17(10-19(20)31-4)11-23-26-22-24-15(3)14(2)21(28)25-22/h5-11H,12H2,1-4H3,(H2,24,25,26,28)/b23-11-. The summed E-state index contributed by atoms with van der Waals surface area (Å²) < 4.78 is 11.1. The Balaban J connectivity index is 1.84. The van der Waals surface area contributed by atoms with Crippen molar-refractivity contribution in [2.24, 2.45) is 5.10 Å². The van der Waals surface area contributed by atoms with Crippen LogP contribution in [0.1, 0.15) is 27.9 Å². The molecule has 1 aromatic heterocycles. The lowest BCUT2D eigenvalue weighted by atomic mass is 10.1. The molecule has 0 saturated heterocycles. The normalized spacial score (nSPS) is 10.9. The van der Waals surface area contributed by atoms with Gasteiger partial charge in [-0.3, -0.25) is 19.9 Å². The average Bonchev–Trinajstić information content (AvgIpc) is 2.76. The molecule has 0 fully saturated rings. The maximum absolute atomic E-state index is 11.8. The van der Waals surface area contributed by atoms with Gasteiger partial charge in [0, 0.05) is 22.9 Å². The summed E-state index contributed by atoms with van der Waals surface area (Å²) in [5.74, 6) is 0.391. The molecule has 0 atom stereocenters. The highest BCUT2D eigenvalue weighted by molar-refractivity contribution is 5.83. The van der Waals surface area contributed by atoms with Crippen molar-refractivity contribution in [3.63, 3.8) is 0 Å². The molecule has 2 aromatic carbocycles. The lowest BCUT2D eigenvalue weighted by molar-refractivity contribution is -0.386. The van der Waals surface area contributed by atoms with E-state index < -0.39 is 4.92 Å². The minimum atomic E-state index is -0.542. The highest BCUT2D eigenvalue weighted by Crippen LogP contribution is 2.38. The van der Waals surface area contributed by atoms with E-state index in [0.717, 1.165) is 11.1 Å². The molecule has 0 aliphatic heterocycles. The second-order valence-corrected chi connectivity index (χ2v) is 7.10. The predicted molar refractivity (Wildman–Crippen MR) is 121 cm³/mol. The minimum Gasteiger partial charge on any atom is -0.493 e. The van der Waals surface area contributed by atoms with E-state index in [9.17, 15) is 14.9 Å². The van der Waals surface area contributed by atoms with E-state index in [-0.39, 0.29) is 35.3 Å². The fraction of sp³-hybridized carbons (Fsp3) is 0.227. The van der Waals surface area contributed by atoms with Crippen LogP contribution < -0.4 is 20.5 Å². The second kappa shape index (κ2) is 9.73. The van der Waals surface area contributed by atoms with Gasteiger partial charge in [0.2, 0.25) is 11.7 Å². The number of aryl methyl sites for hydroxylation is 2. The molecular weight excluding hydrogens is 414 g/mol. The summed E-state index contributed by atoms with van der Waals surface area (Å²) in [5, 5.41) is 15.7. The van der Waals surface area contributed by atoms with Crippen LogP contribution in [0.5, 0.6) is 11.5 Å². The molecule has 0 aliphatic carbocycles. The zero-order chi connectivity index (χ0) is 23.3. The number of hydrogen-bond donors (Lipinski definition) is 2. The van der Waals surface area contributed by atoms with Crippen LogP contribution in [-0.4, -0.2) is 28.2 Å². The maximum atomic E-state index is 11.8. The summed E-state index contributed by atoms with van der Waals surface area (Å²) in [7, 11) is 1.40. The Morgan fingerprint density at radius 1 is 1.22 bits per heavy atom. The minimum absolute atomic E-state index is 0.0309. The number of aromatic nitrogens is 2. The van der Waals surface area contributed by atoms with E-state index in [0.29, 0.717) is 16.8 Å². The average molecular weight is 437 g/mol. The Morgan fingerprint density at radius 3 is 2.56 bits per heavy atom. The first kappa shape index (κ1) is 22.5. The zero-order valence-electron chi connectivity index (χ0n) is 18.1. The molecule has 0 radical (unpaired) electrons. The lowest BCUT2D eigenvalue weighted by Crippen LogP contribution is -2.15. The lowest BCUT2D eigenvalue weighted by Gasteiger charge is -2.12. The van der Waals surface area contributed by atoms with Gasteiger partial charge in [0.05, 0.1) is 18.2 Å². The van der Waals surface area contributed by atoms with Gasteiger partial charge in [-0.1, -0.05) is 29.8 Å². The van der Waals surface area contributed by atoms with E-state index in [2.05, 4.69) is 20.5 Å². The van der Waals surface area contributed by atoms with Crippen molar-refractivity contribution in [3.8, 4) is 11.5 Å². The number of benzene rings is 2. The molecule has 0 bridgehead atoms. The summed E-state index contributed by atoms with van der Waals surface area (Å²) in [6, 6.07) is 10.6. The quantitative estimate of drug-likeness (QED) is 0.312. The Labute approximate surface area is 184 Å². The fourth-order valence-corrected chi connectivity index (χ4v) is 2.82. The van der Waals surface area contributed by atoms with Crippen LogP contribution in [0, 0.1) is 30.9 Å². The molecule has 166 valence electrons. The van der Waals surface area contributed by atoms with Gasteiger partial charge < -0.3 is 9.47 Å². The predicted octanol–water partition coefficient (Wildman–Crippen LogP) is 3.64. The van der Waals surface area contributed by atoms with Gasteiger partial charge in [-0.25, -0.2) is 10.4 Å². The van der Waals surface area contributed by atoms with Crippen molar-refractivity contribution < 1.29 is 14.4 Å². The molecule has 0 unspecified atom stereocenters. The number of nitrogens with one attached hydrogen (secondary N) is 2. The Kier molecular flexibility index (Phi) is 6.83. The summed E-state index contributed by atoms with van der Waals surface area (Å²) in [6.07, 6.45) is 1.36. The summed E-state index contributed by atoms with van der Waals surface area (Å²) in [4.78, 5) is 29.7. The van der Waals surface area contributed by atoms with E-state index in [1.54, 1.807) is 19.9 Å². The van der Waals surface area contributed by atoms with E-state index in [4.69, 9.17) is 9.47 Å². The van der Waals surface area contributed by atoms with Crippen molar-refractivity contribution in [3.05, 3.63) is 84.8 Å². The largest absolute Gasteiger partial charge is 0.493 e. The third kappa shape index (κ3) is 5.28. The van der Waals surface area contributed by atoms with Crippen molar-refractivity contribution in [2.45, 2.75) is 27.4 Å². The first-order valence-corrected chi connectivity index (χ1v) is 9.70. The molecule has 0 saturated carbocycles. The number of hydrogen-bond acceptors (Lipinski definition) is 8. The molecule has 3 rings (SSSR count). The van der Waals surface area contributed by atoms with Gasteiger partial charge >= 0.3 is 5.69 Å². The SMILES string of the molecule is COc1cc(/C=N\Nc2nc(C)c(C)c(=O)[nH]2)cc([N+](=O)[O-])c1OCc1ccc(C)cc1. The van der Waals surface area contributed by atoms with Crippen LogP contribution in [0.3, 0.4) is 0 Å². The van der Waals surface area contributed by atoms with E-state index in [1.165, 1.54) is 19.4 Å². The summed E-state index contributed by atoms with van der Waals surface area (Å²) in [6.45, 7) is 5.50. The van der Waals surface area contributed by atoms with Gasteiger partial charge in [-0.05, 0) is 32.4 Å². The number of anilines is 1. The number of nitrogens with zero attached hydrogens (tertiary/aromatic N) is 3. The molecule has 10 heteroatoms. The second-order valence-electron chi connectivity index (χ2n) is 7.10. The summed E-state index contributed by atoms with van der Waals surface area (Å²) >= 11 is 0. The number of methoxy groups -OCH3 is 1. The molecule has 0 amide bonds. The molecule has 1 heterocycles. The van der Waals surface area contributed by atoms with Gasteiger partial charge in [0.25, 0.3) is 5.56 Å². The number of nitro groups is 1. The summed E-state index contributed by atoms with van der Waals surface area (Å²) in [5.41, 5.74) is 5.54. The van der Waals surface area contributed by atoms with Crippen LogP contribution >= 0.6 is 0 Å². The van der Waals surface area contributed by atoms with Crippen molar-refractivity contribution in [2.75, 3.05) is 12.5 Å². The Hall–Kier alpha value is -4.21. The Morgan fingerprint density at radius 2 is 1.94 bits per heavy atom. The highest BCUT2D eigenvalue weighted by Gasteiger charge is 2.22. The number of hydrazone groups is 1. The smallest absolute Gasteiger partial charge is 0.315 e. The first-order chi connectivity index (χ1) is 15.3. The van der Waals surface area contributed by atoms with Gasteiger partial charge in [-0.15, -0.1) is 0 Å². The molecule has 2 N–H and O–H groups in total. The van der Waals surface area contributed by atoms with Gasteiger partial charge in [0.1, 0.15) is 6.61 Å². The molecule has 0 aliphatic rings. The molecule has 10 nitrogen and oxygen atoms in total. The molecule has 3 aromatic rings. The van der Waals surface area contributed by atoms with Crippen LogP contribution in [0.2, 0.25) is 0 Å². The first-order valence-electron chi connectivity index (χ1n) is 9.70. The number of H-pyrrole nitrogens is 1. The van der Waals surface area contributed by atoms with Crippen LogP contribution in [0.15, 0.2) is 46.3 Å². The fourth-order valence-electron chi connectivity index (χ4n) is 2.82. The van der Waals surface area contributed by atoms with Gasteiger partial charge in [0.15, 0.2) is 5.75 Å². The van der Waals surface area contributed by atoms with Crippen molar-refractivity contribution in [1.82, 2.24) is 9.97 Å². The Bertz CT molecular complexity index is 1220. The number of rotatable bonds is 8. The maximum Gasteiger partial charge on any atom is 0.315 e. The molecular formula is C22H23N5O5. The third-order valence-electron chi connectivity index (χ3n) is 4.76. The van der Waals surface area contributed by atoms with Crippen LogP contribution in [-0.2, 0) is 6.61 Å². The monoisotopic (exact) mass is 437 g/mol. The molecule has 32 heavy (non-hydrogen) atoms. The zero-order valence-corrected chi connectivity index (χ0v) is 18.1. The van der Waals surface area contributed by atoms with Gasteiger partial charge in [-0.2, -0.15) is 5.10 Å². The number of nitro benzene ring substituents is 1. The van der Waals surface area contributed by atoms with E-state index in [1.807, 2.05) is 31.2 Å². The number of ether oxygens (including phenoxy) is 2.